The molecule has 7 heteroatoms. The predicted octanol–water partition coefficient (Wildman–Crippen LogP) is 2.19. The van der Waals surface area contributed by atoms with E-state index in [4.69, 9.17) is 0 Å². The van der Waals surface area contributed by atoms with E-state index in [1.54, 1.807) is 11.0 Å². The maximum atomic E-state index is 13.1. The maximum Gasteiger partial charge on any atom is 0.243 e. The number of carbonyl (C=O) groups excluding carboxylic acids is 1. The van der Waals surface area contributed by atoms with Crippen molar-refractivity contribution in [1.82, 2.24) is 14.1 Å². The summed E-state index contributed by atoms with van der Waals surface area (Å²) in [6.07, 6.45) is 0.964. The van der Waals surface area contributed by atoms with E-state index in [2.05, 4.69) is 23.1 Å². The minimum atomic E-state index is -3.54. The zero-order valence-corrected chi connectivity index (χ0v) is 18.5. The van der Waals surface area contributed by atoms with E-state index in [-0.39, 0.29) is 5.91 Å². The number of aryl methyl sites for hydroxylation is 2. The molecule has 4 rings (SSSR count). The number of nitrogens with zero attached hydrogens (tertiary/aromatic N) is 3. The molecule has 6 nitrogen and oxygen atoms in total. The molecular formula is C23H29N3O3S. The molecule has 2 aromatic carbocycles. The number of fused-ring (bicyclic) bond motifs is 1. The lowest BCUT2D eigenvalue weighted by molar-refractivity contribution is -0.133. The average Bonchev–Trinajstić information content (AvgIpc) is 2.75. The van der Waals surface area contributed by atoms with E-state index in [0.29, 0.717) is 37.6 Å². The Hall–Kier alpha value is -2.22. The van der Waals surface area contributed by atoms with E-state index in [1.807, 2.05) is 32.0 Å². The highest BCUT2D eigenvalue weighted by atomic mass is 32.2. The number of piperazine rings is 1. The Labute approximate surface area is 179 Å². The third kappa shape index (κ3) is 4.29. The van der Waals surface area contributed by atoms with Crippen molar-refractivity contribution in [3.8, 4) is 0 Å². The van der Waals surface area contributed by atoms with E-state index in [9.17, 15) is 13.2 Å². The molecule has 0 saturated carbocycles. The summed E-state index contributed by atoms with van der Waals surface area (Å²) in [4.78, 5) is 17.2. The van der Waals surface area contributed by atoms with Crippen LogP contribution in [0.2, 0.25) is 0 Å². The lowest BCUT2D eigenvalue weighted by Gasteiger charge is -2.36. The number of rotatable bonds is 4. The fraction of sp³-hybridized carbons (Fsp3) is 0.435. The molecule has 1 fully saturated rings. The minimum Gasteiger partial charge on any atom is -0.339 e. The Balaban J connectivity index is 1.35. The number of hydrogen-bond donors (Lipinski definition) is 0. The van der Waals surface area contributed by atoms with Gasteiger partial charge >= 0.3 is 0 Å². The van der Waals surface area contributed by atoms with Gasteiger partial charge in [0.05, 0.1) is 11.4 Å². The van der Waals surface area contributed by atoms with Gasteiger partial charge in [0.15, 0.2) is 0 Å². The second kappa shape index (κ2) is 8.49. The van der Waals surface area contributed by atoms with Crippen LogP contribution >= 0.6 is 0 Å². The zero-order valence-electron chi connectivity index (χ0n) is 17.7. The van der Waals surface area contributed by atoms with Gasteiger partial charge in [-0.05, 0) is 48.6 Å². The van der Waals surface area contributed by atoms with Gasteiger partial charge in [0.2, 0.25) is 15.9 Å². The summed E-state index contributed by atoms with van der Waals surface area (Å²) in [7, 11) is -3.54. The fourth-order valence-corrected chi connectivity index (χ4v) is 6.01. The summed E-state index contributed by atoms with van der Waals surface area (Å²) < 4.78 is 27.7. The second-order valence-corrected chi connectivity index (χ2v) is 10.2. The summed E-state index contributed by atoms with van der Waals surface area (Å²) in [5.41, 5.74) is 4.34. The molecule has 0 unspecified atom stereocenters. The molecule has 0 atom stereocenters. The monoisotopic (exact) mass is 427 g/mol. The lowest BCUT2D eigenvalue weighted by atomic mass is 10.00. The van der Waals surface area contributed by atoms with E-state index >= 15 is 0 Å². The van der Waals surface area contributed by atoms with E-state index in [0.717, 1.165) is 30.6 Å². The first kappa shape index (κ1) is 21.0. The molecule has 0 aromatic heterocycles. The van der Waals surface area contributed by atoms with Crippen LogP contribution in [-0.4, -0.2) is 67.7 Å². The standard InChI is InChI=1S/C23H29N3O3S/c1-18-7-8-19(2)22(15-18)30(28,29)26-13-11-25(12-14-26)23(27)17-24-10-9-20-5-3-4-6-21(20)16-24/h3-8,15H,9-14,16-17H2,1-2H3. The fourth-order valence-electron chi connectivity index (χ4n) is 4.28. The smallest absolute Gasteiger partial charge is 0.243 e. The second-order valence-electron chi connectivity index (χ2n) is 8.28. The van der Waals surface area contributed by atoms with Crippen molar-refractivity contribution in [2.24, 2.45) is 0 Å². The van der Waals surface area contributed by atoms with Gasteiger partial charge < -0.3 is 4.90 Å². The molecule has 0 bridgehead atoms. The van der Waals surface area contributed by atoms with Crippen molar-refractivity contribution in [3.05, 3.63) is 64.7 Å². The van der Waals surface area contributed by atoms with Gasteiger partial charge in [0.25, 0.3) is 0 Å². The van der Waals surface area contributed by atoms with Gasteiger partial charge in [0.1, 0.15) is 0 Å². The van der Waals surface area contributed by atoms with Crippen molar-refractivity contribution in [3.63, 3.8) is 0 Å². The highest BCUT2D eigenvalue weighted by molar-refractivity contribution is 7.89. The zero-order chi connectivity index (χ0) is 21.3. The maximum absolute atomic E-state index is 13.1. The third-order valence-electron chi connectivity index (χ3n) is 6.12. The Morgan fingerprint density at radius 2 is 1.63 bits per heavy atom. The van der Waals surface area contributed by atoms with Crippen LogP contribution in [0.3, 0.4) is 0 Å². The summed E-state index contributed by atoms with van der Waals surface area (Å²) >= 11 is 0. The number of sulfonamides is 1. The number of carbonyl (C=O) groups is 1. The molecule has 2 heterocycles. The van der Waals surface area contributed by atoms with Gasteiger partial charge in [-0.3, -0.25) is 9.69 Å². The predicted molar refractivity (Wildman–Crippen MR) is 117 cm³/mol. The third-order valence-corrected chi connectivity index (χ3v) is 8.16. The summed E-state index contributed by atoms with van der Waals surface area (Å²) in [6.45, 7) is 7.33. The highest BCUT2D eigenvalue weighted by Crippen LogP contribution is 2.23. The van der Waals surface area contributed by atoms with Crippen molar-refractivity contribution in [1.29, 1.82) is 0 Å². The van der Waals surface area contributed by atoms with Crippen LogP contribution in [0.5, 0.6) is 0 Å². The van der Waals surface area contributed by atoms with Crippen LogP contribution in [0.4, 0.5) is 0 Å². The van der Waals surface area contributed by atoms with Crippen LogP contribution in [0, 0.1) is 13.8 Å². The van der Waals surface area contributed by atoms with Gasteiger partial charge in [-0.15, -0.1) is 0 Å². The van der Waals surface area contributed by atoms with Gasteiger partial charge in [-0.25, -0.2) is 8.42 Å². The Bertz CT molecular complexity index is 1040. The molecule has 0 radical (unpaired) electrons. The van der Waals surface area contributed by atoms with Crippen LogP contribution in [0.25, 0.3) is 0 Å². The average molecular weight is 428 g/mol. The number of hydrogen-bond acceptors (Lipinski definition) is 4. The molecule has 30 heavy (non-hydrogen) atoms. The molecule has 0 aliphatic carbocycles. The van der Waals surface area contributed by atoms with Gasteiger partial charge in [-0.1, -0.05) is 36.4 Å². The van der Waals surface area contributed by atoms with Crippen LogP contribution < -0.4 is 0 Å². The number of amides is 1. The molecule has 0 spiro atoms. The SMILES string of the molecule is Cc1ccc(C)c(S(=O)(=O)N2CCN(C(=O)CN3CCc4ccccc4C3)CC2)c1. The summed E-state index contributed by atoms with van der Waals surface area (Å²) in [5.74, 6) is 0.0816. The van der Waals surface area contributed by atoms with Crippen molar-refractivity contribution in [2.45, 2.75) is 31.7 Å². The summed E-state index contributed by atoms with van der Waals surface area (Å²) in [5, 5.41) is 0. The normalized spacial score (nSPS) is 18.3. The van der Waals surface area contributed by atoms with Crippen LogP contribution in [0.1, 0.15) is 22.3 Å². The van der Waals surface area contributed by atoms with E-state index < -0.39 is 10.0 Å². The van der Waals surface area contributed by atoms with E-state index in [1.165, 1.54) is 15.4 Å². The molecule has 0 N–H and O–H groups in total. The quantitative estimate of drug-likeness (QED) is 0.751. The largest absolute Gasteiger partial charge is 0.339 e. The first-order valence-electron chi connectivity index (χ1n) is 10.5. The van der Waals surface area contributed by atoms with Gasteiger partial charge in [-0.2, -0.15) is 4.31 Å². The first-order valence-corrected chi connectivity index (χ1v) is 11.9. The lowest BCUT2D eigenvalue weighted by Crippen LogP contribution is -2.52. The highest BCUT2D eigenvalue weighted by Gasteiger charge is 2.31. The van der Waals surface area contributed by atoms with Crippen LogP contribution in [-0.2, 0) is 27.8 Å². The van der Waals surface area contributed by atoms with Crippen molar-refractivity contribution < 1.29 is 13.2 Å². The molecule has 1 saturated heterocycles. The Kier molecular flexibility index (Phi) is 5.95. The Morgan fingerprint density at radius 3 is 2.37 bits per heavy atom. The minimum absolute atomic E-state index is 0.0816. The molecule has 2 aromatic rings. The van der Waals surface area contributed by atoms with Crippen molar-refractivity contribution in [2.75, 3.05) is 39.3 Å². The molecular weight excluding hydrogens is 398 g/mol. The topological polar surface area (TPSA) is 60.9 Å². The first-order chi connectivity index (χ1) is 14.3. The van der Waals surface area contributed by atoms with Gasteiger partial charge in [0, 0.05) is 39.3 Å². The molecule has 2 aliphatic rings. The number of benzene rings is 2. The molecule has 160 valence electrons. The molecule has 1 amide bonds. The summed E-state index contributed by atoms with van der Waals surface area (Å²) in [6, 6.07) is 13.9. The van der Waals surface area contributed by atoms with Crippen LogP contribution in [0.15, 0.2) is 47.4 Å². The Morgan fingerprint density at radius 1 is 0.933 bits per heavy atom. The van der Waals surface area contributed by atoms with Crippen molar-refractivity contribution >= 4 is 15.9 Å². The molecule has 2 aliphatic heterocycles.